The van der Waals surface area contributed by atoms with Gasteiger partial charge in [0.1, 0.15) is 0 Å². The lowest BCUT2D eigenvalue weighted by Crippen LogP contribution is -2.44. The highest BCUT2D eigenvalue weighted by atomic mass is 16.4. The Morgan fingerprint density at radius 2 is 1.63 bits per heavy atom. The molecule has 1 unspecified atom stereocenters. The molecule has 3 N–H and O–H groups in total. The van der Waals surface area contributed by atoms with E-state index in [1.54, 1.807) is 34.6 Å². The van der Waals surface area contributed by atoms with Crippen molar-refractivity contribution >= 4 is 17.8 Å². The minimum atomic E-state index is -0.936. The quantitative estimate of drug-likeness (QED) is 0.660. The van der Waals surface area contributed by atoms with Gasteiger partial charge in [-0.2, -0.15) is 0 Å². The van der Waals surface area contributed by atoms with E-state index in [0.29, 0.717) is 0 Å². The summed E-state index contributed by atoms with van der Waals surface area (Å²) in [5, 5.41) is 14.0. The molecule has 2 amide bonds. The van der Waals surface area contributed by atoms with E-state index in [4.69, 9.17) is 5.11 Å². The lowest BCUT2D eigenvalue weighted by Gasteiger charge is -2.19. The second-order valence-corrected chi connectivity index (χ2v) is 5.93. The fourth-order valence-electron chi connectivity index (χ4n) is 1.32. The van der Waals surface area contributed by atoms with E-state index < -0.39 is 17.3 Å². The molecule has 0 aliphatic carbocycles. The van der Waals surface area contributed by atoms with E-state index in [2.05, 4.69) is 10.6 Å². The first-order valence-electron chi connectivity index (χ1n) is 6.33. The van der Waals surface area contributed by atoms with Gasteiger partial charge in [-0.3, -0.25) is 14.4 Å². The summed E-state index contributed by atoms with van der Waals surface area (Å²) in [6.07, 6.45) is 0. The van der Waals surface area contributed by atoms with Crippen LogP contribution in [0.1, 0.15) is 34.6 Å². The molecule has 0 spiro atoms. The van der Waals surface area contributed by atoms with Crippen molar-refractivity contribution in [2.75, 3.05) is 13.1 Å². The monoisotopic (exact) mass is 272 g/mol. The molecule has 0 heterocycles. The number of hydrogen-bond donors (Lipinski definition) is 3. The van der Waals surface area contributed by atoms with Gasteiger partial charge in [-0.05, 0) is 5.92 Å². The van der Waals surface area contributed by atoms with Gasteiger partial charge in [0.15, 0.2) is 0 Å². The molecule has 0 aliphatic rings. The number of carbonyl (C=O) groups is 3. The zero-order valence-corrected chi connectivity index (χ0v) is 12.2. The lowest BCUT2D eigenvalue weighted by atomic mass is 9.95. The van der Waals surface area contributed by atoms with Crippen LogP contribution in [0.3, 0.4) is 0 Å². The number of hydrogen-bond acceptors (Lipinski definition) is 3. The van der Waals surface area contributed by atoms with E-state index in [1.807, 2.05) is 0 Å². The van der Waals surface area contributed by atoms with Gasteiger partial charge in [0, 0.05) is 12.0 Å². The first-order valence-corrected chi connectivity index (χ1v) is 6.33. The molecule has 0 rings (SSSR count). The van der Waals surface area contributed by atoms with Crippen LogP contribution in [0.15, 0.2) is 0 Å². The number of carboxylic acid groups (broad SMARTS) is 1. The number of carboxylic acids is 1. The normalized spacial score (nSPS) is 12.9. The second-order valence-electron chi connectivity index (χ2n) is 5.93. The number of carbonyl (C=O) groups excluding carboxylic acids is 2. The van der Waals surface area contributed by atoms with E-state index in [1.165, 1.54) is 0 Å². The first kappa shape index (κ1) is 17.4. The maximum atomic E-state index is 11.5. The van der Waals surface area contributed by atoms with Crippen molar-refractivity contribution in [3.05, 3.63) is 0 Å². The predicted molar refractivity (Wildman–Crippen MR) is 71.4 cm³/mol. The number of nitrogens with one attached hydrogen (secondary N) is 2. The van der Waals surface area contributed by atoms with Crippen molar-refractivity contribution in [2.24, 2.45) is 17.3 Å². The fourth-order valence-corrected chi connectivity index (χ4v) is 1.32. The Hall–Kier alpha value is -1.59. The average Bonchev–Trinajstić information content (AvgIpc) is 2.23. The molecule has 0 aliphatic heterocycles. The highest BCUT2D eigenvalue weighted by Crippen LogP contribution is 2.12. The van der Waals surface area contributed by atoms with E-state index in [-0.39, 0.29) is 30.8 Å². The Bertz CT molecular complexity index is 345. The standard InChI is InChI=1S/C13H24N2O4/c1-8(2)9(11(17)18)6-14-10(16)7-15-12(19)13(3,4)5/h8-9H,6-7H2,1-5H3,(H,14,16)(H,15,19)(H,17,18). The van der Waals surface area contributed by atoms with Crippen LogP contribution in [0, 0.1) is 17.3 Å². The molecule has 0 bridgehead atoms. The summed E-state index contributed by atoms with van der Waals surface area (Å²) in [6.45, 7) is 8.74. The molecule has 1 atom stereocenters. The fraction of sp³-hybridized carbons (Fsp3) is 0.769. The van der Waals surface area contributed by atoms with E-state index in [9.17, 15) is 14.4 Å². The Morgan fingerprint density at radius 3 is 2.00 bits per heavy atom. The number of rotatable bonds is 6. The highest BCUT2D eigenvalue weighted by Gasteiger charge is 2.23. The number of amides is 2. The average molecular weight is 272 g/mol. The molecular weight excluding hydrogens is 248 g/mol. The molecular formula is C13H24N2O4. The van der Waals surface area contributed by atoms with Gasteiger partial charge in [-0.15, -0.1) is 0 Å². The van der Waals surface area contributed by atoms with Gasteiger partial charge in [0.2, 0.25) is 11.8 Å². The van der Waals surface area contributed by atoms with Crippen LogP contribution in [0.25, 0.3) is 0 Å². The van der Waals surface area contributed by atoms with Crippen LogP contribution in [-0.2, 0) is 14.4 Å². The predicted octanol–water partition coefficient (Wildman–Crippen LogP) is 0.622. The van der Waals surface area contributed by atoms with E-state index in [0.717, 1.165) is 0 Å². The van der Waals surface area contributed by atoms with Crippen molar-refractivity contribution < 1.29 is 19.5 Å². The van der Waals surface area contributed by atoms with Gasteiger partial charge in [0.25, 0.3) is 0 Å². The molecule has 0 aromatic carbocycles. The Morgan fingerprint density at radius 1 is 1.11 bits per heavy atom. The third-order valence-corrected chi connectivity index (χ3v) is 2.73. The van der Waals surface area contributed by atoms with Gasteiger partial charge in [-0.1, -0.05) is 34.6 Å². The molecule has 110 valence electrons. The summed E-state index contributed by atoms with van der Waals surface area (Å²) in [4.78, 5) is 34.0. The summed E-state index contributed by atoms with van der Waals surface area (Å²) in [6, 6.07) is 0. The maximum absolute atomic E-state index is 11.5. The minimum Gasteiger partial charge on any atom is -0.481 e. The zero-order chi connectivity index (χ0) is 15.2. The topological polar surface area (TPSA) is 95.5 Å². The van der Waals surface area contributed by atoms with Crippen molar-refractivity contribution in [2.45, 2.75) is 34.6 Å². The van der Waals surface area contributed by atoms with Crippen molar-refractivity contribution in [3.8, 4) is 0 Å². The van der Waals surface area contributed by atoms with Gasteiger partial charge >= 0.3 is 5.97 Å². The Kier molecular flexibility index (Phi) is 6.52. The molecule has 19 heavy (non-hydrogen) atoms. The molecule has 6 nitrogen and oxygen atoms in total. The smallest absolute Gasteiger partial charge is 0.308 e. The second kappa shape index (κ2) is 7.11. The van der Waals surface area contributed by atoms with E-state index >= 15 is 0 Å². The zero-order valence-electron chi connectivity index (χ0n) is 12.2. The SMILES string of the molecule is CC(C)C(CNC(=O)CNC(=O)C(C)(C)C)C(=O)O. The molecule has 0 fully saturated rings. The summed E-state index contributed by atoms with van der Waals surface area (Å²) in [5.74, 6) is -2.23. The summed E-state index contributed by atoms with van der Waals surface area (Å²) < 4.78 is 0. The summed E-state index contributed by atoms with van der Waals surface area (Å²) in [7, 11) is 0. The van der Waals surface area contributed by atoms with Crippen LogP contribution >= 0.6 is 0 Å². The maximum Gasteiger partial charge on any atom is 0.308 e. The lowest BCUT2D eigenvalue weighted by molar-refractivity contribution is -0.143. The largest absolute Gasteiger partial charge is 0.481 e. The van der Waals surface area contributed by atoms with Crippen molar-refractivity contribution in [1.29, 1.82) is 0 Å². The third kappa shape index (κ3) is 6.79. The van der Waals surface area contributed by atoms with Gasteiger partial charge in [0.05, 0.1) is 12.5 Å². The van der Waals surface area contributed by atoms with Crippen LogP contribution in [0.5, 0.6) is 0 Å². The molecule has 0 saturated carbocycles. The highest BCUT2D eigenvalue weighted by molar-refractivity contribution is 5.87. The summed E-state index contributed by atoms with van der Waals surface area (Å²) >= 11 is 0. The summed E-state index contributed by atoms with van der Waals surface area (Å²) in [5.41, 5.74) is -0.554. The van der Waals surface area contributed by atoms with Crippen LogP contribution in [-0.4, -0.2) is 36.0 Å². The first-order chi connectivity index (χ1) is 8.55. The van der Waals surface area contributed by atoms with Gasteiger partial charge < -0.3 is 15.7 Å². The molecule has 0 radical (unpaired) electrons. The minimum absolute atomic E-state index is 0.0667. The van der Waals surface area contributed by atoms with Gasteiger partial charge in [-0.25, -0.2) is 0 Å². The van der Waals surface area contributed by atoms with Crippen molar-refractivity contribution in [3.63, 3.8) is 0 Å². The molecule has 0 saturated heterocycles. The molecule has 6 heteroatoms. The van der Waals surface area contributed by atoms with Crippen LogP contribution in [0.4, 0.5) is 0 Å². The molecule has 0 aromatic rings. The molecule has 0 aromatic heterocycles. The van der Waals surface area contributed by atoms with Crippen molar-refractivity contribution in [1.82, 2.24) is 10.6 Å². The third-order valence-electron chi connectivity index (χ3n) is 2.73. The van der Waals surface area contributed by atoms with Crippen LogP contribution in [0.2, 0.25) is 0 Å². The number of aliphatic carboxylic acids is 1. The van der Waals surface area contributed by atoms with Crippen LogP contribution < -0.4 is 10.6 Å². The Balaban J connectivity index is 4.13. The Labute approximate surface area is 113 Å².